The van der Waals surface area contributed by atoms with Crippen molar-refractivity contribution in [3.05, 3.63) is 41.7 Å². The molecule has 6 heteroatoms. The molecule has 2 aromatic rings. The molecule has 0 fully saturated rings. The van der Waals surface area contributed by atoms with Gasteiger partial charge in [0.25, 0.3) is 0 Å². The zero-order chi connectivity index (χ0) is 17.4. The second kappa shape index (κ2) is 6.35. The molecule has 1 aromatic carbocycles. The average molecular weight is 341 g/mol. The molecular weight excluding hydrogens is 318 g/mol. The molecule has 6 nitrogen and oxygen atoms in total. The molecule has 0 spiro atoms. The van der Waals surface area contributed by atoms with E-state index in [0.717, 1.165) is 24.4 Å². The van der Waals surface area contributed by atoms with Gasteiger partial charge in [-0.05, 0) is 37.6 Å². The first-order valence-electron chi connectivity index (χ1n) is 8.80. The quantitative estimate of drug-likeness (QED) is 0.908. The molecule has 0 aliphatic carbocycles. The SMILES string of the molecule is CCC1c2ccc(C)n2CCN1C(=O)Nc1ccc2c(c1)OCCO2. The van der Waals surface area contributed by atoms with Crippen LogP contribution in [0.25, 0.3) is 0 Å². The minimum atomic E-state index is -0.0753. The number of urea groups is 1. The highest BCUT2D eigenvalue weighted by atomic mass is 16.6. The molecular formula is C19H23N3O3. The van der Waals surface area contributed by atoms with Crippen LogP contribution in [0, 0.1) is 6.92 Å². The van der Waals surface area contributed by atoms with E-state index in [-0.39, 0.29) is 12.1 Å². The highest BCUT2D eigenvalue weighted by molar-refractivity contribution is 5.90. The number of carbonyl (C=O) groups is 1. The van der Waals surface area contributed by atoms with Gasteiger partial charge in [0.05, 0.1) is 6.04 Å². The summed E-state index contributed by atoms with van der Waals surface area (Å²) in [5.41, 5.74) is 3.19. The molecule has 1 N–H and O–H groups in total. The summed E-state index contributed by atoms with van der Waals surface area (Å²) in [6.45, 7) is 6.86. The van der Waals surface area contributed by atoms with Crippen LogP contribution in [0.5, 0.6) is 11.5 Å². The van der Waals surface area contributed by atoms with Gasteiger partial charge < -0.3 is 24.3 Å². The van der Waals surface area contributed by atoms with Crippen molar-refractivity contribution < 1.29 is 14.3 Å². The van der Waals surface area contributed by atoms with Crippen LogP contribution in [-0.2, 0) is 6.54 Å². The van der Waals surface area contributed by atoms with Gasteiger partial charge in [-0.3, -0.25) is 0 Å². The molecule has 0 saturated carbocycles. The van der Waals surface area contributed by atoms with Gasteiger partial charge >= 0.3 is 6.03 Å². The number of carbonyl (C=O) groups excluding carboxylic acids is 1. The number of aromatic nitrogens is 1. The number of anilines is 1. The van der Waals surface area contributed by atoms with Crippen LogP contribution in [0.2, 0.25) is 0 Å². The summed E-state index contributed by atoms with van der Waals surface area (Å²) < 4.78 is 13.4. The summed E-state index contributed by atoms with van der Waals surface area (Å²) >= 11 is 0. The van der Waals surface area contributed by atoms with E-state index in [4.69, 9.17) is 9.47 Å². The van der Waals surface area contributed by atoms with E-state index in [2.05, 4.69) is 35.9 Å². The van der Waals surface area contributed by atoms with Crippen molar-refractivity contribution in [3.8, 4) is 11.5 Å². The number of ether oxygens (including phenoxy) is 2. The zero-order valence-electron chi connectivity index (χ0n) is 14.6. The first-order chi connectivity index (χ1) is 12.2. The van der Waals surface area contributed by atoms with Crippen molar-refractivity contribution in [1.82, 2.24) is 9.47 Å². The number of nitrogens with one attached hydrogen (secondary N) is 1. The number of hydrogen-bond donors (Lipinski definition) is 1. The van der Waals surface area contributed by atoms with Gasteiger partial charge in [0.15, 0.2) is 11.5 Å². The Morgan fingerprint density at radius 3 is 2.76 bits per heavy atom. The standard InChI is InChI=1S/C19H23N3O3/c1-3-15-16-6-4-13(2)21(16)8-9-22(15)19(23)20-14-5-7-17-18(12-14)25-11-10-24-17/h4-7,12,15H,3,8-11H2,1-2H3,(H,20,23). The fraction of sp³-hybridized carbons (Fsp3) is 0.421. The molecule has 2 amide bonds. The van der Waals surface area contributed by atoms with Crippen molar-refractivity contribution in [2.45, 2.75) is 32.9 Å². The maximum atomic E-state index is 12.9. The van der Waals surface area contributed by atoms with Crippen LogP contribution in [-0.4, -0.2) is 35.3 Å². The number of amides is 2. The van der Waals surface area contributed by atoms with Crippen molar-refractivity contribution in [1.29, 1.82) is 0 Å². The van der Waals surface area contributed by atoms with Crippen molar-refractivity contribution >= 4 is 11.7 Å². The van der Waals surface area contributed by atoms with E-state index >= 15 is 0 Å². The lowest BCUT2D eigenvalue weighted by atomic mass is 10.1. The fourth-order valence-electron chi connectivity index (χ4n) is 3.70. The summed E-state index contributed by atoms with van der Waals surface area (Å²) in [5, 5.41) is 3.01. The van der Waals surface area contributed by atoms with Gasteiger partial charge in [0.1, 0.15) is 13.2 Å². The molecule has 0 saturated heterocycles. The summed E-state index contributed by atoms with van der Waals surface area (Å²) in [7, 11) is 0. The molecule has 0 bridgehead atoms. The van der Waals surface area contributed by atoms with Gasteiger partial charge in [-0.1, -0.05) is 6.92 Å². The topological polar surface area (TPSA) is 55.7 Å². The van der Waals surface area contributed by atoms with Gasteiger partial charge in [0.2, 0.25) is 0 Å². The third-order valence-electron chi connectivity index (χ3n) is 4.96. The Bertz CT molecular complexity index is 799. The minimum absolute atomic E-state index is 0.0753. The monoisotopic (exact) mass is 341 g/mol. The first-order valence-corrected chi connectivity index (χ1v) is 8.80. The minimum Gasteiger partial charge on any atom is -0.486 e. The lowest BCUT2D eigenvalue weighted by molar-refractivity contribution is 0.165. The van der Waals surface area contributed by atoms with Gasteiger partial charge in [0, 0.05) is 36.2 Å². The van der Waals surface area contributed by atoms with Crippen LogP contribution in [0.4, 0.5) is 10.5 Å². The Balaban J connectivity index is 1.53. The van der Waals surface area contributed by atoms with Crippen molar-refractivity contribution in [2.75, 3.05) is 25.1 Å². The Morgan fingerprint density at radius 2 is 1.96 bits per heavy atom. The van der Waals surface area contributed by atoms with E-state index in [1.165, 1.54) is 11.4 Å². The molecule has 25 heavy (non-hydrogen) atoms. The molecule has 0 radical (unpaired) electrons. The maximum Gasteiger partial charge on any atom is 0.322 e. The third-order valence-corrected chi connectivity index (χ3v) is 4.96. The van der Waals surface area contributed by atoms with Gasteiger partial charge in [-0.2, -0.15) is 0 Å². The molecule has 132 valence electrons. The van der Waals surface area contributed by atoms with Crippen LogP contribution in [0.15, 0.2) is 30.3 Å². The molecule has 1 unspecified atom stereocenters. The van der Waals surface area contributed by atoms with E-state index in [1.54, 1.807) is 0 Å². The van der Waals surface area contributed by atoms with E-state index in [0.29, 0.717) is 25.5 Å². The Kier molecular flexibility index (Phi) is 4.03. The summed E-state index contributed by atoms with van der Waals surface area (Å²) in [6, 6.07) is 9.79. The zero-order valence-corrected chi connectivity index (χ0v) is 14.6. The number of nitrogens with zero attached hydrogens (tertiary/aromatic N) is 2. The average Bonchev–Trinajstić information content (AvgIpc) is 3.02. The number of rotatable bonds is 2. The molecule has 4 rings (SSSR count). The molecule has 1 atom stereocenters. The number of hydrogen-bond acceptors (Lipinski definition) is 3. The predicted molar refractivity (Wildman–Crippen MR) is 95.4 cm³/mol. The second-order valence-corrected chi connectivity index (χ2v) is 6.46. The normalized spacial score (nSPS) is 18.6. The van der Waals surface area contributed by atoms with Crippen LogP contribution in [0.1, 0.15) is 30.8 Å². The highest BCUT2D eigenvalue weighted by Gasteiger charge is 2.30. The maximum absolute atomic E-state index is 12.9. The van der Waals surface area contributed by atoms with E-state index < -0.39 is 0 Å². The summed E-state index contributed by atoms with van der Waals surface area (Å²) in [6.07, 6.45) is 0.887. The first kappa shape index (κ1) is 15.9. The Morgan fingerprint density at radius 1 is 1.16 bits per heavy atom. The van der Waals surface area contributed by atoms with Crippen LogP contribution < -0.4 is 14.8 Å². The smallest absolute Gasteiger partial charge is 0.322 e. The fourth-order valence-corrected chi connectivity index (χ4v) is 3.70. The lowest BCUT2D eigenvalue weighted by Crippen LogP contribution is -2.44. The van der Waals surface area contributed by atoms with Crippen LogP contribution >= 0.6 is 0 Å². The third kappa shape index (κ3) is 2.81. The Hall–Kier alpha value is -2.63. The Labute approximate surface area is 147 Å². The van der Waals surface area contributed by atoms with Crippen molar-refractivity contribution in [3.63, 3.8) is 0 Å². The van der Waals surface area contributed by atoms with Gasteiger partial charge in [-0.25, -0.2) is 4.79 Å². The number of aryl methyl sites for hydroxylation is 1. The number of benzene rings is 1. The second-order valence-electron chi connectivity index (χ2n) is 6.46. The highest BCUT2D eigenvalue weighted by Crippen LogP contribution is 2.34. The molecule has 2 aliphatic heterocycles. The van der Waals surface area contributed by atoms with E-state index in [9.17, 15) is 4.79 Å². The summed E-state index contributed by atoms with van der Waals surface area (Å²) in [5.74, 6) is 1.40. The van der Waals surface area contributed by atoms with E-state index in [1.807, 2.05) is 23.1 Å². The van der Waals surface area contributed by atoms with Crippen LogP contribution in [0.3, 0.4) is 0 Å². The van der Waals surface area contributed by atoms with Crippen molar-refractivity contribution in [2.24, 2.45) is 0 Å². The largest absolute Gasteiger partial charge is 0.486 e. The summed E-state index contributed by atoms with van der Waals surface area (Å²) in [4.78, 5) is 14.8. The predicted octanol–water partition coefficient (Wildman–Crippen LogP) is 3.57. The molecule has 1 aromatic heterocycles. The lowest BCUT2D eigenvalue weighted by Gasteiger charge is -2.37. The number of fused-ring (bicyclic) bond motifs is 2. The molecule has 3 heterocycles. The van der Waals surface area contributed by atoms with Gasteiger partial charge in [-0.15, -0.1) is 0 Å². The molecule has 2 aliphatic rings.